The molecule has 0 amide bonds. The van der Waals surface area contributed by atoms with Gasteiger partial charge in [-0.3, -0.25) is 9.69 Å². The Kier molecular flexibility index (Phi) is 6.02. The van der Waals surface area contributed by atoms with Crippen LogP contribution in [0.25, 0.3) is 0 Å². The van der Waals surface area contributed by atoms with E-state index in [1.165, 1.54) is 18.4 Å². The molecule has 0 radical (unpaired) electrons. The van der Waals surface area contributed by atoms with Crippen LogP contribution in [0.1, 0.15) is 18.4 Å². The van der Waals surface area contributed by atoms with E-state index < -0.39 is 5.97 Å². The van der Waals surface area contributed by atoms with Crippen molar-refractivity contribution in [3.63, 3.8) is 0 Å². The summed E-state index contributed by atoms with van der Waals surface area (Å²) in [7, 11) is 1.67. The zero-order valence-electron chi connectivity index (χ0n) is 12.5. The molecule has 116 valence electrons. The summed E-state index contributed by atoms with van der Waals surface area (Å²) in [6, 6.07) is 8.19. The van der Waals surface area contributed by atoms with Crippen molar-refractivity contribution in [2.24, 2.45) is 5.92 Å². The van der Waals surface area contributed by atoms with E-state index in [2.05, 4.69) is 22.3 Å². The van der Waals surface area contributed by atoms with E-state index in [0.29, 0.717) is 5.92 Å². The zero-order valence-corrected chi connectivity index (χ0v) is 12.5. The van der Waals surface area contributed by atoms with Crippen molar-refractivity contribution < 1.29 is 14.6 Å². The molecular weight excluding hydrogens is 268 g/mol. The fourth-order valence-electron chi connectivity index (χ4n) is 2.83. The lowest BCUT2D eigenvalue weighted by Crippen LogP contribution is -2.40. The Hall–Kier alpha value is -1.59. The molecule has 1 aromatic carbocycles. The Labute approximate surface area is 125 Å². The Morgan fingerprint density at radius 3 is 2.86 bits per heavy atom. The van der Waals surface area contributed by atoms with E-state index in [-0.39, 0.29) is 6.54 Å². The molecule has 2 N–H and O–H groups in total. The number of nitrogens with zero attached hydrogens (tertiary/aromatic N) is 1. The molecule has 0 spiro atoms. The maximum Gasteiger partial charge on any atom is 0.317 e. The first-order valence-corrected chi connectivity index (χ1v) is 7.45. The Morgan fingerprint density at radius 1 is 1.43 bits per heavy atom. The van der Waals surface area contributed by atoms with Crippen molar-refractivity contribution in [3.8, 4) is 5.75 Å². The molecular formula is C16H24N2O3. The third-order valence-corrected chi connectivity index (χ3v) is 3.88. The largest absolute Gasteiger partial charge is 0.497 e. The van der Waals surface area contributed by atoms with E-state index in [9.17, 15) is 4.79 Å². The lowest BCUT2D eigenvalue weighted by Gasteiger charge is -2.32. The second-order valence-corrected chi connectivity index (χ2v) is 5.62. The third-order valence-electron chi connectivity index (χ3n) is 3.88. The first-order valence-electron chi connectivity index (χ1n) is 7.45. The van der Waals surface area contributed by atoms with Gasteiger partial charge < -0.3 is 15.2 Å². The van der Waals surface area contributed by atoms with Gasteiger partial charge in [-0.15, -0.1) is 0 Å². The van der Waals surface area contributed by atoms with Crippen LogP contribution in [0.4, 0.5) is 0 Å². The van der Waals surface area contributed by atoms with Gasteiger partial charge in [0.2, 0.25) is 0 Å². The maximum atomic E-state index is 10.5. The fraction of sp³-hybridized carbons (Fsp3) is 0.562. The second kappa shape index (κ2) is 8.00. The van der Waals surface area contributed by atoms with Crippen LogP contribution in [0.15, 0.2) is 24.3 Å². The average molecular weight is 292 g/mol. The van der Waals surface area contributed by atoms with E-state index in [0.717, 1.165) is 31.9 Å². The zero-order chi connectivity index (χ0) is 15.1. The first kappa shape index (κ1) is 15.8. The molecule has 1 unspecified atom stereocenters. The second-order valence-electron chi connectivity index (χ2n) is 5.62. The van der Waals surface area contributed by atoms with Gasteiger partial charge in [0.25, 0.3) is 0 Å². The molecule has 1 aromatic rings. The average Bonchev–Trinajstić information content (AvgIpc) is 2.48. The van der Waals surface area contributed by atoms with Gasteiger partial charge in [-0.2, -0.15) is 0 Å². The molecule has 0 bridgehead atoms. The molecule has 0 aliphatic carbocycles. The number of piperidine rings is 1. The van der Waals surface area contributed by atoms with Crippen molar-refractivity contribution in [1.82, 2.24) is 10.2 Å². The minimum absolute atomic E-state index is 0.0506. The van der Waals surface area contributed by atoms with E-state index >= 15 is 0 Å². The summed E-state index contributed by atoms with van der Waals surface area (Å²) < 4.78 is 5.17. The number of carboxylic acids is 1. The van der Waals surface area contributed by atoms with Gasteiger partial charge in [0.15, 0.2) is 0 Å². The van der Waals surface area contributed by atoms with Gasteiger partial charge in [0, 0.05) is 13.1 Å². The van der Waals surface area contributed by atoms with Crippen molar-refractivity contribution in [2.75, 3.05) is 33.3 Å². The third kappa shape index (κ3) is 5.36. The van der Waals surface area contributed by atoms with Crippen molar-refractivity contribution in [3.05, 3.63) is 29.8 Å². The maximum absolute atomic E-state index is 10.5. The number of carboxylic acid groups (broad SMARTS) is 1. The SMILES string of the molecule is COc1ccc(CN2CCCC(CNCC(=O)O)C2)cc1. The molecule has 1 aliphatic heterocycles. The van der Waals surface area contributed by atoms with Gasteiger partial charge in [-0.25, -0.2) is 0 Å². The molecule has 0 aromatic heterocycles. The lowest BCUT2D eigenvalue weighted by atomic mass is 9.97. The summed E-state index contributed by atoms with van der Waals surface area (Å²) in [5.41, 5.74) is 1.29. The number of rotatable bonds is 7. The van der Waals surface area contributed by atoms with Crippen molar-refractivity contribution in [1.29, 1.82) is 0 Å². The molecule has 5 heteroatoms. The Balaban J connectivity index is 1.78. The molecule has 1 saturated heterocycles. The molecule has 0 saturated carbocycles. The van der Waals surface area contributed by atoms with Gasteiger partial charge in [-0.1, -0.05) is 12.1 Å². The first-order chi connectivity index (χ1) is 10.2. The van der Waals surface area contributed by atoms with Crippen LogP contribution >= 0.6 is 0 Å². The van der Waals surface area contributed by atoms with Crippen LogP contribution in [-0.2, 0) is 11.3 Å². The number of methoxy groups -OCH3 is 1. The summed E-state index contributed by atoms with van der Waals surface area (Å²) in [5.74, 6) is 0.630. The number of carbonyl (C=O) groups is 1. The number of nitrogens with one attached hydrogen (secondary N) is 1. The van der Waals surface area contributed by atoms with Gasteiger partial charge >= 0.3 is 5.97 Å². The van der Waals surface area contributed by atoms with Crippen LogP contribution in [0.2, 0.25) is 0 Å². The molecule has 1 heterocycles. The molecule has 1 aliphatic rings. The summed E-state index contributed by atoms with van der Waals surface area (Å²) in [6.45, 7) is 3.92. The number of aliphatic carboxylic acids is 1. The summed E-state index contributed by atoms with van der Waals surface area (Å²) in [6.07, 6.45) is 2.35. The highest BCUT2D eigenvalue weighted by atomic mass is 16.5. The van der Waals surface area contributed by atoms with Crippen LogP contribution in [0.5, 0.6) is 5.75 Å². The molecule has 1 atom stereocenters. The summed E-state index contributed by atoms with van der Waals surface area (Å²) in [4.78, 5) is 13.0. The van der Waals surface area contributed by atoms with Crippen LogP contribution in [0, 0.1) is 5.92 Å². The highest BCUT2D eigenvalue weighted by molar-refractivity contribution is 5.68. The Morgan fingerprint density at radius 2 is 2.19 bits per heavy atom. The van der Waals surface area contributed by atoms with Gasteiger partial charge in [0.1, 0.15) is 5.75 Å². The predicted molar refractivity (Wildman–Crippen MR) is 81.5 cm³/mol. The molecule has 21 heavy (non-hydrogen) atoms. The van der Waals surface area contributed by atoms with Gasteiger partial charge in [0.05, 0.1) is 13.7 Å². The monoisotopic (exact) mass is 292 g/mol. The van der Waals surface area contributed by atoms with Crippen molar-refractivity contribution >= 4 is 5.97 Å². The topological polar surface area (TPSA) is 61.8 Å². The minimum Gasteiger partial charge on any atom is -0.497 e. The van der Waals surface area contributed by atoms with Gasteiger partial charge in [-0.05, 0) is 49.5 Å². The highest BCUT2D eigenvalue weighted by Gasteiger charge is 2.19. The predicted octanol–water partition coefficient (Wildman–Crippen LogP) is 1.58. The van der Waals surface area contributed by atoms with E-state index in [4.69, 9.17) is 9.84 Å². The number of hydrogen-bond donors (Lipinski definition) is 2. The highest BCUT2D eigenvalue weighted by Crippen LogP contribution is 2.19. The van der Waals surface area contributed by atoms with E-state index in [1.807, 2.05) is 12.1 Å². The molecule has 1 fully saturated rings. The summed E-state index contributed by atoms with van der Waals surface area (Å²) >= 11 is 0. The van der Waals surface area contributed by atoms with Crippen LogP contribution in [0.3, 0.4) is 0 Å². The number of benzene rings is 1. The quantitative estimate of drug-likeness (QED) is 0.799. The molecule has 2 rings (SSSR count). The normalized spacial score (nSPS) is 19.4. The standard InChI is InChI=1S/C16H24N2O3/c1-21-15-6-4-13(5-7-15)11-18-8-2-3-14(12-18)9-17-10-16(19)20/h4-7,14,17H,2-3,8-12H2,1H3,(H,19,20). The van der Waals surface area contributed by atoms with Crippen molar-refractivity contribution in [2.45, 2.75) is 19.4 Å². The number of hydrogen-bond acceptors (Lipinski definition) is 4. The fourth-order valence-corrected chi connectivity index (χ4v) is 2.83. The van der Waals surface area contributed by atoms with Crippen LogP contribution in [-0.4, -0.2) is 49.3 Å². The van der Waals surface area contributed by atoms with E-state index in [1.54, 1.807) is 7.11 Å². The smallest absolute Gasteiger partial charge is 0.317 e. The molecule has 5 nitrogen and oxygen atoms in total. The summed E-state index contributed by atoms with van der Waals surface area (Å²) in [5, 5.41) is 11.7. The minimum atomic E-state index is -0.791. The number of ether oxygens (including phenoxy) is 1. The number of likely N-dealkylation sites (tertiary alicyclic amines) is 1. The van der Waals surface area contributed by atoms with Crippen LogP contribution < -0.4 is 10.1 Å². The lowest BCUT2D eigenvalue weighted by molar-refractivity contribution is -0.136. The Bertz CT molecular complexity index is 447.